The van der Waals surface area contributed by atoms with Crippen LogP contribution in [-0.2, 0) is 0 Å². The predicted molar refractivity (Wildman–Crippen MR) is 76.7 cm³/mol. The third-order valence-electron chi connectivity index (χ3n) is 3.76. The molecule has 1 aliphatic rings. The first kappa shape index (κ1) is 13.4. The van der Waals surface area contributed by atoms with Crippen LogP contribution < -0.4 is 4.90 Å². The van der Waals surface area contributed by atoms with Crippen LogP contribution in [-0.4, -0.2) is 18.4 Å². The molecule has 1 heterocycles. The van der Waals surface area contributed by atoms with Gasteiger partial charge in [-0.15, -0.1) is 0 Å². The van der Waals surface area contributed by atoms with E-state index in [1.165, 1.54) is 19.3 Å². The largest absolute Gasteiger partial charge is 0.369 e. The van der Waals surface area contributed by atoms with Gasteiger partial charge in [0.25, 0.3) is 0 Å². The number of hydrogen-bond acceptors (Lipinski definition) is 2. The third kappa shape index (κ3) is 2.69. The molecule has 1 unspecified atom stereocenters. The topological polar surface area (TPSA) is 20.3 Å². The normalized spacial score (nSPS) is 19.9. The van der Waals surface area contributed by atoms with Crippen LogP contribution in [0.5, 0.6) is 0 Å². The van der Waals surface area contributed by atoms with Crippen molar-refractivity contribution in [2.75, 3.05) is 11.4 Å². The summed E-state index contributed by atoms with van der Waals surface area (Å²) in [5.74, 6) is 0.0252. The monoisotopic (exact) mass is 265 g/mol. The van der Waals surface area contributed by atoms with Gasteiger partial charge in [-0.2, -0.15) is 0 Å². The van der Waals surface area contributed by atoms with Gasteiger partial charge in [-0.1, -0.05) is 18.5 Å². The van der Waals surface area contributed by atoms with E-state index in [1.807, 2.05) is 18.2 Å². The molecule has 98 valence electrons. The maximum absolute atomic E-state index is 11.4. The molecule has 0 aromatic heterocycles. The van der Waals surface area contributed by atoms with E-state index in [9.17, 15) is 4.79 Å². The van der Waals surface area contributed by atoms with Gasteiger partial charge in [0.2, 0.25) is 0 Å². The standard InChI is InChI=1S/C15H20ClNO/c1-3-12-6-4-5-9-17(12)13-7-8-14(11(2)18)15(16)10-13/h7-8,10,12H,3-6,9H2,1-2H3. The molecule has 2 nitrogen and oxygen atoms in total. The average Bonchev–Trinajstić information content (AvgIpc) is 2.38. The smallest absolute Gasteiger partial charge is 0.161 e. The van der Waals surface area contributed by atoms with Gasteiger partial charge in [0.05, 0.1) is 5.02 Å². The molecule has 3 heteroatoms. The second-order valence-corrected chi connectivity index (χ2v) is 5.38. The van der Waals surface area contributed by atoms with Crippen LogP contribution in [0.2, 0.25) is 5.02 Å². The quantitative estimate of drug-likeness (QED) is 0.759. The number of hydrogen-bond donors (Lipinski definition) is 0. The van der Waals surface area contributed by atoms with Gasteiger partial charge in [0.15, 0.2) is 5.78 Å². The number of anilines is 1. The van der Waals surface area contributed by atoms with E-state index < -0.39 is 0 Å². The van der Waals surface area contributed by atoms with E-state index in [0.717, 1.165) is 18.7 Å². The van der Waals surface area contributed by atoms with Crippen LogP contribution in [0.3, 0.4) is 0 Å². The summed E-state index contributed by atoms with van der Waals surface area (Å²) in [7, 11) is 0. The first-order valence-corrected chi connectivity index (χ1v) is 7.08. The number of nitrogens with zero attached hydrogens (tertiary/aromatic N) is 1. The van der Waals surface area contributed by atoms with E-state index in [2.05, 4.69) is 11.8 Å². The molecule has 1 fully saturated rings. The van der Waals surface area contributed by atoms with Crippen LogP contribution in [0.25, 0.3) is 0 Å². The number of rotatable bonds is 3. The molecule has 0 N–H and O–H groups in total. The van der Waals surface area contributed by atoms with E-state index in [4.69, 9.17) is 11.6 Å². The van der Waals surface area contributed by atoms with Crippen molar-refractivity contribution in [2.45, 2.75) is 45.6 Å². The zero-order valence-electron chi connectivity index (χ0n) is 11.1. The van der Waals surface area contributed by atoms with E-state index in [1.54, 1.807) is 6.92 Å². The second-order valence-electron chi connectivity index (χ2n) is 4.97. The minimum atomic E-state index is 0.0252. The van der Waals surface area contributed by atoms with Crippen LogP contribution in [0.15, 0.2) is 18.2 Å². The highest BCUT2D eigenvalue weighted by Crippen LogP contribution is 2.30. The molecule has 1 atom stereocenters. The van der Waals surface area contributed by atoms with Gasteiger partial charge in [-0.25, -0.2) is 0 Å². The van der Waals surface area contributed by atoms with Crippen molar-refractivity contribution >= 4 is 23.1 Å². The van der Waals surface area contributed by atoms with E-state index in [0.29, 0.717) is 16.6 Å². The number of benzene rings is 1. The summed E-state index contributed by atoms with van der Waals surface area (Å²) in [5.41, 5.74) is 1.77. The number of halogens is 1. The van der Waals surface area contributed by atoms with Gasteiger partial charge in [-0.3, -0.25) is 4.79 Å². The lowest BCUT2D eigenvalue weighted by atomic mass is 9.99. The minimum Gasteiger partial charge on any atom is -0.369 e. The summed E-state index contributed by atoms with van der Waals surface area (Å²) in [6.45, 7) is 4.87. The SMILES string of the molecule is CCC1CCCCN1c1ccc(C(C)=O)c(Cl)c1. The van der Waals surface area contributed by atoms with Crippen molar-refractivity contribution in [2.24, 2.45) is 0 Å². The number of ketones is 1. The highest BCUT2D eigenvalue weighted by Gasteiger charge is 2.21. The first-order chi connectivity index (χ1) is 8.63. The number of Topliss-reactive ketones (excluding diaryl/α,β-unsaturated/α-hetero) is 1. The number of carbonyl (C=O) groups is 1. The van der Waals surface area contributed by atoms with Crippen LogP contribution in [0, 0.1) is 0 Å². The maximum Gasteiger partial charge on any atom is 0.161 e. The van der Waals surface area contributed by atoms with Crippen LogP contribution in [0.4, 0.5) is 5.69 Å². The zero-order chi connectivity index (χ0) is 13.1. The molecule has 1 saturated heterocycles. The Morgan fingerprint density at radius 2 is 2.22 bits per heavy atom. The summed E-state index contributed by atoms with van der Waals surface area (Å²) >= 11 is 6.19. The second kappa shape index (κ2) is 5.75. The lowest BCUT2D eigenvalue weighted by Crippen LogP contribution is -2.39. The fourth-order valence-corrected chi connectivity index (χ4v) is 3.04. The average molecular weight is 266 g/mol. The van der Waals surface area contributed by atoms with Gasteiger partial charge < -0.3 is 4.90 Å². The Bertz CT molecular complexity index is 444. The van der Waals surface area contributed by atoms with Crippen molar-refractivity contribution in [3.8, 4) is 0 Å². The Labute approximate surface area is 114 Å². The molecule has 1 aliphatic heterocycles. The summed E-state index contributed by atoms with van der Waals surface area (Å²) in [6, 6.07) is 6.42. The fraction of sp³-hybridized carbons (Fsp3) is 0.533. The van der Waals surface area contributed by atoms with Crippen molar-refractivity contribution in [3.63, 3.8) is 0 Å². The van der Waals surface area contributed by atoms with Gasteiger partial charge in [0, 0.05) is 23.8 Å². The first-order valence-electron chi connectivity index (χ1n) is 6.70. The number of carbonyl (C=O) groups excluding carboxylic acids is 1. The van der Waals surface area contributed by atoms with Crippen LogP contribution in [0.1, 0.15) is 49.9 Å². The molecule has 1 aromatic rings. The van der Waals surface area contributed by atoms with E-state index >= 15 is 0 Å². The van der Waals surface area contributed by atoms with Crippen molar-refractivity contribution < 1.29 is 4.79 Å². The highest BCUT2D eigenvalue weighted by molar-refractivity contribution is 6.34. The zero-order valence-corrected chi connectivity index (χ0v) is 11.8. The summed E-state index contributed by atoms with van der Waals surface area (Å²) in [5, 5.41) is 0.570. The van der Waals surface area contributed by atoms with Crippen molar-refractivity contribution in [1.82, 2.24) is 0 Å². The van der Waals surface area contributed by atoms with Gasteiger partial charge in [-0.05, 0) is 50.8 Å². The molecule has 0 bridgehead atoms. The molecule has 0 amide bonds. The highest BCUT2D eigenvalue weighted by atomic mass is 35.5. The molecule has 18 heavy (non-hydrogen) atoms. The van der Waals surface area contributed by atoms with Crippen molar-refractivity contribution in [3.05, 3.63) is 28.8 Å². The molecular weight excluding hydrogens is 246 g/mol. The Morgan fingerprint density at radius 1 is 1.44 bits per heavy atom. The van der Waals surface area contributed by atoms with Gasteiger partial charge in [0.1, 0.15) is 0 Å². The fourth-order valence-electron chi connectivity index (χ4n) is 2.73. The molecule has 0 spiro atoms. The summed E-state index contributed by atoms with van der Waals surface area (Å²) < 4.78 is 0. The minimum absolute atomic E-state index is 0.0252. The van der Waals surface area contributed by atoms with Gasteiger partial charge >= 0.3 is 0 Å². The Hall–Kier alpha value is -1.02. The lowest BCUT2D eigenvalue weighted by molar-refractivity contribution is 0.101. The van der Waals surface area contributed by atoms with Crippen molar-refractivity contribution in [1.29, 1.82) is 0 Å². The summed E-state index contributed by atoms with van der Waals surface area (Å²) in [6.07, 6.45) is 4.96. The molecule has 0 saturated carbocycles. The number of piperidine rings is 1. The summed E-state index contributed by atoms with van der Waals surface area (Å²) in [4.78, 5) is 13.8. The van der Waals surface area contributed by atoms with Crippen LogP contribution >= 0.6 is 11.6 Å². The molecule has 1 aromatic carbocycles. The molecule has 0 aliphatic carbocycles. The maximum atomic E-state index is 11.4. The van der Waals surface area contributed by atoms with E-state index in [-0.39, 0.29) is 5.78 Å². The molecule has 2 rings (SSSR count). The third-order valence-corrected chi connectivity index (χ3v) is 4.07. The molecule has 0 radical (unpaired) electrons. The predicted octanol–water partition coefficient (Wildman–Crippen LogP) is 4.31. The Kier molecular flexibility index (Phi) is 4.28. The molecular formula is C15H20ClNO. The Morgan fingerprint density at radius 3 is 2.83 bits per heavy atom. The lowest BCUT2D eigenvalue weighted by Gasteiger charge is -2.37. The Balaban J connectivity index is 2.27.